The lowest BCUT2D eigenvalue weighted by molar-refractivity contribution is 0.583. The van der Waals surface area contributed by atoms with Crippen LogP contribution in [0.1, 0.15) is 37.3 Å². The summed E-state index contributed by atoms with van der Waals surface area (Å²) in [6.07, 6.45) is 0.973. The molecule has 0 amide bonds. The number of nitrogens with two attached hydrogens (primary N) is 1. The molecule has 1 aromatic rings. The van der Waals surface area contributed by atoms with Crippen molar-refractivity contribution in [3.8, 4) is 0 Å². The van der Waals surface area contributed by atoms with E-state index >= 15 is 0 Å². The van der Waals surface area contributed by atoms with Crippen molar-refractivity contribution in [2.75, 3.05) is 0 Å². The van der Waals surface area contributed by atoms with E-state index in [1.807, 2.05) is 17.8 Å². The monoisotopic (exact) mass is 242 g/mol. The highest BCUT2D eigenvalue weighted by Gasteiger charge is 2.15. The van der Waals surface area contributed by atoms with Gasteiger partial charge in [-0.05, 0) is 42.5 Å². The second-order valence-electron chi connectivity index (χ2n) is 3.95. The van der Waals surface area contributed by atoms with Gasteiger partial charge in [0.2, 0.25) is 0 Å². The Morgan fingerprint density at radius 2 is 2.06 bits per heavy atom. The summed E-state index contributed by atoms with van der Waals surface area (Å²) in [5.41, 5.74) is 2.16. The largest absolute Gasteiger partial charge is 0.257 e. The molecule has 5 heteroatoms. The molecule has 16 heavy (non-hydrogen) atoms. The molecule has 0 aromatic heterocycles. The fraction of sp³-hybridized carbons (Fsp3) is 0.455. The molecule has 0 radical (unpaired) electrons. The van der Waals surface area contributed by atoms with Crippen LogP contribution in [0.3, 0.4) is 0 Å². The van der Waals surface area contributed by atoms with Crippen molar-refractivity contribution >= 4 is 10.0 Å². The van der Waals surface area contributed by atoms with Crippen LogP contribution >= 0.6 is 0 Å². The molecule has 0 saturated heterocycles. The highest BCUT2D eigenvalue weighted by molar-refractivity contribution is 7.89. The molecule has 1 atom stereocenters. The predicted molar refractivity (Wildman–Crippen MR) is 64.4 cm³/mol. The number of benzene rings is 1. The molecule has 4 nitrogen and oxygen atoms in total. The van der Waals surface area contributed by atoms with E-state index in [0.29, 0.717) is 5.92 Å². The van der Waals surface area contributed by atoms with Crippen LogP contribution in [0.15, 0.2) is 23.1 Å². The Kier molecular flexibility index (Phi) is 4.07. The van der Waals surface area contributed by atoms with Crippen molar-refractivity contribution in [2.24, 2.45) is 5.84 Å². The Labute approximate surface area is 96.9 Å². The molecular weight excluding hydrogens is 224 g/mol. The molecule has 0 saturated carbocycles. The van der Waals surface area contributed by atoms with Crippen LogP contribution in [0.25, 0.3) is 0 Å². The highest BCUT2D eigenvalue weighted by Crippen LogP contribution is 2.24. The summed E-state index contributed by atoms with van der Waals surface area (Å²) < 4.78 is 23.1. The van der Waals surface area contributed by atoms with E-state index in [2.05, 4.69) is 13.8 Å². The number of aryl methyl sites for hydroxylation is 1. The van der Waals surface area contributed by atoms with Gasteiger partial charge in [-0.1, -0.05) is 19.9 Å². The average Bonchev–Trinajstić information content (AvgIpc) is 2.28. The van der Waals surface area contributed by atoms with Crippen molar-refractivity contribution in [1.29, 1.82) is 0 Å². The average molecular weight is 242 g/mol. The lowest BCUT2D eigenvalue weighted by Crippen LogP contribution is -2.30. The lowest BCUT2D eigenvalue weighted by atomic mass is 9.95. The fourth-order valence-corrected chi connectivity index (χ4v) is 2.27. The number of sulfonamides is 1. The Morgan fingerprint density at radius 3 is 2.56 bits per heavy atom. The number of hydrogen-bond acceptors (Lipinski definition) is 3. The SMILES string of the molecule is CCC(C)c1cc(S(=O)(=O)NN)ccc1C. The maximum Gasteiger partial charge on any atom is 0.253 e. The normalized spacial score (nSPS) is 13.8. The zero-order valence-electron chi connectivity index (χ0n) is 9.82. The number of hydrogen-bond donors (Lipinski definition) is 2. The van der Waals surface area contributed by atoms with Crippen LogP contribution in [-0.4, -0.2) is 8.42 Å². The smallest absolute Gasteiger partial charge is 0.253 e. The molecule has 0 bridgehead atoms. The predicted octanol–water partition coefficient (Wildman–Crippen LogP) is 1.66. The van der Waals surface area contributed by atoms with Crippen molar-refractivity contribution in [3.63, 3.8) is 0 Å². The Hall–Kier alpha value is -0.910. The molecular formula is C11H18N2O2S. The summed E-state index contributed by atoms with van der Waals surface area (Å²) in [5.74, 6) is 5.34. The standard InChI is InChI=1S/C11H18N2O2S/c1-4-8(2)11-7-10(6-5-9(11)3)16(14,15)13-12/h5-8,13H,4,12H2,1-3H3. The second kappa shape index (κ2) is 4.95. The van der Waals surface area contributed by atoms with Crippen LogP contribution < -0.4 is 10.7 Å². The van der Waals surface area contributed by atoms with Crippen molar-refractivity contribution < 1.29 is 8.42 Å². The zero-order valence-corrected chi connectivity index (χ0v) is 10.6. The van der Waals surface area contributed by atoms with Gasteiger partial charge in [0, 0.05) is 0 Å². The van der Waals surface area contributed by atoms with Crippen LogP contribution in [0.5, 0.6) is 0 Å². The van der Waals surface area contributed by atoms with E-state index in [9.17, 15) is 8.42 Å². The van der Waals surface area contributed by atoms with Gasteiger partial charge < -0.3 is 0 Å². The van der Waals surface area contributed by atoms with Gasteiger partial charge in [0.05, 0.1) is 4.90 Å². The first kappa shape index (κ1) is 13.2. The summed E-state index contributed by atoms with van der Waals surface area (Å²) in [6.45, 7) is 6.13. The maximum atomic E-state index is 11.5. The van der Waals surface area contributed by atoms with Crippen molar-refractivity contribution in [3.05, 3.63) is 29.3 Å². The van der Waals surface area contributed by atoms with Crippen LogP contribution in [-0.2, 0) is 10.0 Å². The third-order valence-electron chi connectivity index (χ3n) is 2.86. The van der Waals surface area contributed by atoms with Gasteiger partial charge >= 0.3 is 0 Å². The molecule has 1 aromatic carbocycles. The zero-order chi connectivity index (χ0) is 12.3. The minimum Gasteiger partial charge on any atom is -0.257 e. The van der Waals surface area contributed by atoms with E-state index < -0.39 is 10.0 Å². The van der Waals surface area contributed by atoms with E-state index in [0.717, 1.165) is 17.5 Å². The van der Waals surface area contributed by atoms with Crippen LogP contribution in [0.2, 0.25) is 0 Å². The first-order valence-electron chi connectivity index (χ1n) is 5.25. The minimum atomic E-state index is -3.55. The first-order valence-corrected chi connectivity index (χ1v) is 6.73. The molecule has 0 aliphatic carbocycles. The summed E-state index contributed by atoms with van der Waals surface area (Å²) >= 11 is 0. The third-order valence-corrected chi connectivity index (χ3v) is 4.04. The molecule has 0 heterocycles. The van der Waals surface area contributed by atoms with E-state index in [1.165, 1.54) is 0 Å². The van der Waals surface area contributed by atoms with Gasteiger partial charge in [-0.25, -0.2) is 8.42 Å². The van der Waals surface area contributed by atoms with Gasteiger partial charge in [-0.2, -0.15) is 4.83 Å². The number of hydrazine groups is 1. The van der Waals surface area contributed by atoms with Crippen LogP contribution in [0, 0.1) is 6.92 Å². The molecule has 1 rings (SSSR count). The van der Waals surface area contributed by atoms with Gasteiger partial charge in [0.25, 0.3) is 10.0 Å². The molecule has 90 valence electrons. The molecule has 0 fully saturated rings. The molecule has 0 spiro atoms. The number of nitrogens with one attached hydrogen (secondary N) is 1. The summed E-state index contributed by atoms with van der Waals surface area (Å²) in [4.78, 5) is 2.05. The summed E-state index contributed by atoms with van der Waals surface area (Å²) in [7, 11) is -3.55. The van der Waals surface area contributed by atoms with Gasteiger partial charge in [-0.3, -0.25) is 5.84 Å². The Bertz CT molecular complexity index is 469. The molecule has 0 aliphatic rings. The van der Waals surface area contributed by atoms with Crippen molar-refractivity contribution in [2.45, 2.75) is 38.0 Å². The van der Waals surface area contributed by atoms with Crippen LogP contribution in [0.4, 0.5) is 0 Å². The van der Waals surface area contributed by atoms with E-state index in [4.69, 9.17) is 5.84 Å². The summed E-state index contributed by atoms with van der Waals surface area (Å²) in [6, 6.07) is 5.07. The van der Waals surface area contributed by atoms with E-state index in [1.54, 1.807) is 12.1 Å². The Morgan fingerprint density at radius 1 is 1.44 bits per heavy atom. The van der Waals surface area contributed by atoms with Gasteiger partial charge in [0.1, 0.15) is 0 Å². The topological polar surface area (TPSA) is 72.2 Å². The van der Waals surface area contributed by atoms with Gasteiger partial charge in [-0.15, -0.1) is 0 Å². The maximum absolute atomic E-state index is 11.5. The molecule has 0 aliphatic heterocycles. The quantitative estimate of drug-likeness (QED) is 0.623. The first-order chi connectivity index (χ1) is 7.42. The van der Waals surface area contributed by atoms with Crippen molar-refractivity contribution in [1.82, 2.24) is 4.83 Å². The minimum absolute atomic E-state index is 0.218. The van der Waals surface area contributed by atoms with Gasteiger partial charge in [0.15, 0.2) is 0 Å². The fourth-order valence-electron chi connectivity index (χ4n) is 1.60. The Balaban J connectivity index is 3.28. The second-order valence-corrected chi connectivity index (χ2v) is 5.66. The summed E-state index contributed by atoms with van der Waals surface area (Å²) in [5, 5.41) is 0. The molecule has 1 unspecified atom stereocenters. The third kappa shape index (κ3) is 2.61. The number of rotatable bonds is 4. The lowest BCUT2D eigenvalue weighted by Gasteiger charge is -2.14. The molecule has 3 N–H and O–H groups in total. The highest BCUT2D eigenvalue weighted by atomic mass is 32.2. The van der Waals surface area contributed by atoms with E-state index in [-0.39, 0.29) is 4.90 Å².